The molecule has 0 unspecified atom stereocenters. The molecule has 4 rings (SSSR count). The van der Waals surface area contributed by atoms with Gasteiger partial charge in [-0.2, -0.15) is 0 Å². The summed E-state index contributed by atoms with van der Waals surface area (Å²) in [5.74, 6) is 1.65. The van der Waals surface area contributed by atoms with E-state index in [-0.39, 0.29) is 17.9 Å². The zero-order valence-corrected chi connectivity index (χ0v) is 17.6. The van der Waals surface area contributed by atoms with E-state index < -0.39 is 0 Å². The molecule has 0 saturated heterocycles. The van der Waals surface area contributed by atoms with E-state index >= 15 is 0 Å². The number of hydrogen-bond donors (Lipinski definition) is 1. The molecule has 3 heterocycles. The Labute approximate surface area is 179 Å². The Kier molecular flexibility index (Phi) is 5.97. The highest BCUT2D eigenvalue weighted by atomic mass is 16.6. The van der Waals surface area contributed by atoms with E-state index in [0.29, 0.717) is 60.4 Å². The molecule has 31 heavy (non-hydrogen) atoms. The fourth-order valence-corrected chi connectivity index (χ4v) is 3.56. The summed E-state index contributed by atoms with van der Waals surface area (Å²) >= 11 is 0. The Morgan fingerprint density at radius 1 is 1.19 bits per heavy atom. The molecule has 0 saturated carbocycles. The van der Waals surface area contributed by atoms with Gasteiger partial charge in [0.1, 0.15) is 19.0 Å². The van der Waals surface area contributed by atoms with Crippen molar-refractivity contribution < 1.29 is 14.3 Å². The zero-order chi connectivity index (χ0) is 21.8. The molecule has 160 valence electrons. The standard InChI is InChI=1S/C23H24N4O4/c1-3-27(14-17-6-4-8-19-21(17)31-11-10-30-19)20(28)12-18-15(2)25-22(26-23(18)29)16-7-5-9-24-13-16/h4-9,13H,3,10-12,14H2,1-2H3,(H,25,26,29). The first kappa shape index (κ1) is 20.6. The Morgan fingerprint density at radius 3 is 2.77 bits per heavy atom. The number of fused-ring (bicyclic) bond motifs is 1. The minimum absolute atomic E-state index is 0.0261. The maximum absolute atomic E-state index is 13.0. The van der Waals surface area contributed by atoms with E-state index in [1.165, 1.54) is 0 Å². The Bertz CT molecular complexity index is 1140. The van der Waals surface area contributed by atoms with Crippen LogP contribution in [0.3, 0.4) is 0 Å². The summed E-state index contributed by atoms with van der Waals surface area (Å²) in [4.78, 5) is 38.7. The van der Waals surface area contributed by atoms with Crippen molar-refractivity contribution in [2.24, 2.45) is 0 Å². The number of rotatable bonds is 6. The smallest absolute Gasteiger partial charge is 0.255 e. The van der Waals surface area contributed by atoms with Gasteiger partial charge in [-0.05, 0) is 32.0 Å². The lowest BCUT2D eigenvalue weighted by atomic mass is 10.1. The highest BCUT2D eigenvalue weighted by Crippen LogP contribution is 2.34. The number of aryl methyl sites for hydroxylation is 1. The number of carbonyl (C=O) groups is 1. The van der Waals surface area contributed by atoms with Crippen LogP contribution in [-0.4, -0.2) is 45.5 Å². The molecule has 0 fully saturated rings. The van der Waals surface area contributed by atoms with E-state index in [2.05, 4.69) is 15.0 Å². The SMILES string of the molecule is CCN(Cc1cccc2c1OCCO2)C(=O)Cc1c(C)nc(-c2cccnc2)[nH]c1=O. The number of nitrogens with zero attached hydrogens (tertiary/aromatic N) is 3. The number of hydrogen-bond acceptors (Lipinski definition) is 6. The van der Waals surface area contributed by atoms with Gasteiger partial charge in [-0.3, -0.25) is 14.6 Å². The van der Waals surface area contributed by atoms with E-state index in [1.807, 2.05) is 31.2 Å². The summed E-state index contributed by atoms with van der Waals surface area (Å²) < 4.78 is 11.4. The predicted molar refractivity (Wildman–Crippen MR) is 115 cm³/mol. The number of nitrogens with one attached hydrogen (secondary N) is 1. The molecule has 1 amide bonds. The lowest BCUT2D eigenvalue weighted by Gasteiger charge is -2.25. The number of likely N-dealkylation sites (N-methyl/N-ethyl adjacent to an activating group) is 1. The first-order valence-corrected chi connectivity index (χ1v) is 10.2. The van der Waals surface area contributed by atoms with Gasteiger partial charge in [-0.1, -0.05) is 12.1 Å². The van der Waals surface area contributed by atoms with Crippen LogP contribution in [0.4, 0.5) is 0 Å². The third-order valence-corrected chi connectivity index (χ3v) is 5.23. The molecule has 8 heteroatoms. The number of amides is 1. The Balaban J connectivity index is 1.54. The molecule has 0 aliphatic carbocycles. The topological polar surface area (TPSA) is 97.4 Å². The van der Waals surface area contributed by atoms with Gasteiger partial charge in [-0.15, -0.1) is 0 Å². The molecule has 1 aliphatic heterocycles. The monoisotopic (exact) mass is 420 g/mol. The Morgan fingerprint density at radius 2 is 2.03 bits per heavy atom. The van der Waals surface area contributed by atoms with Gasteiger partial charge >= 0.3 is 0 Å². The molecule has 3 aromatic rings. The van der Waals surface area contributed by atoms with Crippen LogP contribution in [-0.2, 0) is 17.8 Å². The third kappa shape index (κ3) is 4.42. The fourth-order valence-electron chi connectivity index (χ4n) is 3.56. The maximum Gasteiger partial charge on any atom is 0.255 e. The van der Waals surface area contributed by atoms with Gasteiger partial charge in [0, 0.05) is 47.9 Å². The van der Waals surface area contributed by atoms with Crippen LogP contribution in [0.25, 0.3) is 11.4 Å². The minimum Gasteiger partial charge on any atom is -0.486 e. The number of para-hydroxylation sites is 1. The number of H-pyrrole nitrogens is 1. The molecule has 2 aromatic heterocycles. The number of aromatic nitrogens is 3. The normalized spacial score (nSPS) is 12.5. The molecule has 0 bridgehead atoms. The second-order valence-corrected chi connectivity index (χ2v) is 7.25. The number of carbonyl (C=O) groups excluding carboxylic acids is 1. The summed E-state index contributed by atoms with van der Waals surface area (Å²) in [6.45, 7) is 5.52. The largest absolute Gasteiger partial charge is 0.486 e. The van der Waals surface area contributed by atoms with Gasteiger partial charge in [0.2, 0.25) is 5.91 Å². The lowest BCUT2D eigenvalue weighted by molar-refractivity contribution is -0.130. The quantitative estimate of drug-likeness (QED) is 0.658. The summed E-state index contributed by atoms with van der Waals surface area (Å²) in [5, 5.41) is 0. The highest BCUT2D eigenvalue weighted by molar-refractivity contribution is 5.79. The summed E-state index contributed by atoms with van der Waals surface area (Å²) in [6, 6.07) is 9.26. The summed E-state index contributed by atoms with van der Waals surface area (Å²) in [7, 11) is 0. The van der Waals surface area contributed by atoms with Crippen molar-refractivity contribution >= 4 is 5.91 Å². The van der Waals surface area contributed by atoms with Crippen LogP contribution in [0.15, 0.2) is 47.5 Å². The van der Waals surface area contributed by atoms with Crippen LogP contribution in [0.1, 0.15) is 23.7 Å². The van der Waals surface area contributed by atoms with Gasteiger partial charge in [0.25, 0.3) is 5.56 Å². The molecule has 0 radical (unpaired) electrons. The maximum atomic E-state index is 13.0. The number of pyridine rings is 1. The van der Waals surface area contributed by atoms with E-state index in [4.69, 9.17) is 9.47 Å². The van der Waals surface area contributed by atoms with Gasteiger partial charge in [-0.25, -0.2) is 4.98 Å². The second kappa shape index (κ2) is 8.99. The van der Waals surface area contributed by atoms with Crippen LogP contribution < -0.4 is 15.0 Å². The average Bonchev–Trinajstić information content (AvgIpc) is 2.80. The van der Waals surface area contributed by atoms with Crippen molar-refractivity contribution in [3.8, 4) is 22.9 Å². The second-order valence-electron chi connectivity index (χ2n) is 7.25. The molecule has 1 aliphatic rings. The zero-order valence-electron chi connectivity index (χ0n) is 17.6. The van der Waals surface area contributed by atoms with Crippen LogP contribution in [0.2, 0.25) is 0 Å². The van der Waals surface area contributed by atoms with Crippen LogP contribution in [0.5, 0.6) is 11.5 Å². The molecule has 8 nitrogen and oxygen atoms in total. The average molecular weight is 420 g/mol. The molecular formula is C23H24N4O4. The molecule has 1 aromatic carbocycles. The first-order valence-electron chi connectivity index (χ1n) is 10.2. The van der Waals surface area contributed by atoms with Crippen molar-refractivity contribution in [3.63, 3.8) is 0 Å². The minimum atomic E-state index is -0.315. The van der Waals surface area contributed by atoms with E-state index in [9.17, 15) is 9.59 Å². The van der Waals surface area contributed by atoms with Gasteiger partial charge in [0.15, 0.2) is 11.5 Å². The van der Waals surface area contributed by atoms with Crippen LogP contribution in [0, 0.1) is 6.92 Å². The van der Waals surface area contributed by atoms with Crippen molar-refractivity contribution in [1.29, 1.82) is 0 Å². The molecule has 0 atom stereocenters. The van der Waals surface area contributed by atoms with Crippen molar-refractivity contribution in [3.05, 3.63) is 69.9 Å². The first-order chi connectivity index (χ1) is 15.1. The molecular weight excluding hydrogens is 396 g/mol. The number of benzene rings is 1. The third-order valence-electron chi connectivity index (χ3n) is 5.23. The van der Waals surface area contributed by atoms with E-state index in [0.717, 1.165) is 5.56 Å². The number of ether oxygens (including phenoxy) is 2. The highest BCUT2D eigenvalue weighted by Gasteiger charge is 2.21. The van der Waals surface area contributed by atoms with Crippen molar-refractivity contribution in [2.45, 2.75) is 26.8 Å². The van der Waals surface area contributed by atoms with E-state index in [1.54, 1.807) is 30.3 Å². The predicted octanol–water partition coefficient (Wildman–Crippen LogP) is 2.50. The number of aromatic amines is 1. The Hall–Kier alpha value is -3.68. The van der Waals surface area contributed by atoms with Crippen molar-refractivity contribution in [2.75, 3.05) is 19.8 Å². The molecule has 1 N–H and O–H groups in total. The van der Waals surface area contributed by atoms with Crippen LogP contribution >= 0.6 is 0 Å². The fraction of sp³-hybridized carbons (Fsp3) is 0.304. The lowest BCUT2D eigenvalue weighted by Crippen LogP contribution is -2.34. The van der Waals surface area contributed by atoms with Gasteiger partial charge < -0.3 is 19.4 Å². The van der Waals surface area contributed by atoms with Gasteiger partial charge in [0.05, 0.1) is 6.42 Å². The summed E-state index contributed by atoms with van der Waals surface area (Å²) in [5.41, 5.74) is 2.17. The van der Waals surface area contributed by atoms with Crippen molar-refractivity contribution in [1.82, 2.24) is 19.9 Å². The molecule has 0 spiro atoms. The summed E-state index contributed by atoms with van der Waals surface area (Å²) in [6.07, 6.45) is 3.26.